The third-order valence-electron chi connectivity index (χ3n) is 2.60. The van der Waals surface area contributed by atoms with Gasteiger partial charge in [-0.1, -0.05) is 11.6 Å². The number of nitro groups is 1. The Morgan fingerprint density at radius 2 is 2.28 bits per heavy atom. The topological polar surface area (TPSA) is 73.0 Å². The van der Waals surface area contributed by atoms with Crippen molar-refractivity contribution >= 4 is 44.3 Å². The van der Waals surface area contributed by atoms with Crippen molar-refractivity contribution in [1.82, 2.24) is 15.1 Å². The minimum Gasteiger partial charge on any atom is -0.314 e. The molecule has 6 nitrogen and oxygen atoms in total. The number of nitrogens with zero attached hydrogens (tertiary/aromatic N) is 3. The Labute approximate surface area is 122 Å². The zero-order chi connectivity index (χ0) is 11.7. The summed E-state index contributed by atoms with van der Waals surface area (Å²) in [6.45, 7) is 0.865. The molecule has 0 unspecified atom stereocenters. The van der Waals surface area contributed by atoms with Gasteiger partial charge in [0.1, 0.15) is 12.4 Å². The molecule has 1 N–H and O–H groups in total. The summed E-state index contributed by atoms with van der Waals surface area (Å²) >= 11 is 5.79. The zero-order valence-corrected chi connectivity index (χ0v) is 12.0. The van der Waals surface area contributed by atoms with E-state index in [9.17, 15) is 14.5 Å². The number of piperidine rings is 1. The van der Waals surface area contributed by atoms with Crippen LogP contribution in [0.5, 0.6) is 0 Å². The fraction of sp³-hybridized carbons (Fsp3) is 0.625. The maximum absolute atomic E-state index is 13.6. The van der Waals surface area contributed by atoms with Crippen LogP contribution < -0.4 is 5.32 Å². The number of rotatable bonds is 2. The van der Waals surface area contributed by atoms with Gasteiger partial charge in [-0.15, -0.1) is 0 Å². The van der Waals surface area contributed by atoms with Gasteiger partial charge in [0.15, 0.2) is 0 Å². The van der Waals surface area contributed by atoms with Gasteiger partial charge in [-0.05, 0) is 13.0 Å². The Kier molecular flexibility index (Phi) is 6.97. The standard InChI is InChI=1S/C8H10ClFN4O2.2H2S/c9-8-7(14(15)16)4-12-13(8)6-1-2-11-3-5(6)10;;/h4-6,11H,1-3H2;2*1H2/t5-,6-;;/m0../s1. The van der Waals surface area contributed by atoms with Crippen molar-refractivity contribution in [3.8, 4) is 0 Å². The molecule has 1 aromatic rings. The summed E-state index contributed by atoms with van der Waals surface area (Å²) in [7, 11) is 0. The average Bonchev–Trinajstić information content (AvgIpc) is 2.61. The molecular formula is C8H14ClFN4O2S2. The summed E-state index contributed by atoms with van der Waals surface area (Å²) in [6, 6.07) is -0.526. The summed E-state index contributed by atoms with van der Waals surface area (Å²) in [5.41, 5.74) is -0.285. The fourth-order valence-electron chi connectivity index (χ4n) is 1.77. The van der Waals surface area contributed by atoms with Crippen molar-refractivity contribution in [3.05, 3.63) is 21.5 Å². The Morgan fingerprint density at radius 3 is 2.78 bits per heavy atom. The Bertz CT molecular complexity index is 420. The van der Waals surface area contributed by atoms with Crippen LogP contribution in [-0.2, 0) is 0 Å². The lowest BCUT2D eigenvalue weighted by atomic mass is 10.1. The summed E-state index contributed by atoms with van der Waals surface area (Å²) < 4.78 is 14.8. The van der Waals surface area contributed by atoms with E-state index < -0.39 is 17.1 Å². The molecule has 1 aliphatic rings. The molecule has 0 radical (unpaired) electrons. The van der Waals surface area contributed by atoms with Crippen LogP contribution in [0.1, 0.15) is 12.5 Å². The number of nitrogens with one attached hydrogen (secondary N) is 1. The van der Waals surface area contributed by atoms with E-state index in [1.807, 2.05) is 0 Å². The van der Waals surface area contributed by atoms with E-state index in [-0.39, 0.29) is 44.4 Å². The minimum absolute atomic E-state index is 0. The molecule has 104 valence electrons. The third-order valence-corrected chi connectivity index (χ3v) is 2.97. The van der Waals surface area contributed by atoms with Gasteiger partial charge in [0.05, 0.1) is 11.0 Å². The molecule has 0 saturated carbocycles. The predicted octanol–water partition coefficient (Wildman–Crippen LogP) is 1.54. The average molecular weight is 317 g/mol. The second-order valence-electron chi connectivity index (χ2n) is 3.60. The van der Waals surface area contributed by atoms with Crippen LogP contribution in [0.25, 0.3) is 0 Å². The molecule has 0 aliphatic carbocycles. The van der Waals surface area contributed by atoms with Crippen molar-refractivity contribution in [3.63, 3.8) is 0 Å². The van der Waals surface area contributed by atoms with Gasteiger partial charge in [0, 0.05) is 6.54 Å². The van der Waals surface area contributed by atoms with Crippen molar-refractivity contribution in [2.24, 2.45) is 0 Å². The number of halogens is 2. The number of hydrogen-bond acceptors (Lipinski definition) is 4. The second kappa shape index (κ2) is 7.17. The number of alkyl halides is 1. The van der Waals surface area contributed by atoms with Crippen molar-refractivity contribution in [2.45, 2.75) is 18.6 Å². The van der Waals surface area contributed by atoms with E-state index in [0.29, 0.717) is 13.0 Å². The Hall–Kier alpha value is -0.510. The summed E-state index contributed by atoms with van der Waals surface area (Å²) in [6.07, 6.45) is 0.433. The first kappa shape index (κ1) is 17.5. The van der Waals surface area contributed by atoms with Gasteiger partial charge in [0.25, 0.3) is 0 Å². The summed E-state index contributed by atoms with van der Waals surface area (Å²) in [5, 5.41) is 17.1. The molecule has 2 atom stereocenters. The third kappa shape index (κ3) is 3.28. The van der Waals surface area contributed by atoms with Crippen LogP contribution in [0.15, 0.2) is 6.20 Å². The first-order chi connectivity index (χ1) is 7.61. The highest BCUT2D eigenvalue weighted by Gasteiger charge is 2.31. The molecule has 1 fully saturated rings. The van der Waals surface area contributed by atoms with Gasteiger partial charge < -0.3 is 5.32 Å². The predicted molar refractivity (Wildman–Crippen MR) is 76.1 cm³/mol. The largest absolute Gasteiger partial charge is 0.325 e. The fourth-order valence-corrected chi connectivity index (χ4v) is 2.06. The molecule has 0 aromatic carbocycles. The van der Waals surface area contributed by atoms with Crippen LogP contribution >= 0.6 is 38.6 Å². The van der Waals surface area contributed by atoms with E-state index in [0.717, 1.165) is 6.20 Å². The lowest BCUT2D eigenvalue weighted by molar-refractivity contribution is -0.384. The SMILES string of the molecule is O=[N+]([O-])c1cnn([C@H]2CCNC[C@@H]2F)c1Cl.S.S. The van der Waals surface area contributed by atoms with Gasteiger partial charge in [-0.2, -0.15) is 32.1 Å². The first-order valence-corrected chi connectivity index (χ1v) is 5.21. The van der Waals surface area contributed by atoms with E-state index >= 15 is 0 Å². The maximum Gasteiger partial charge on any atom is 0.325 e. The highest BCUT2D eigenvalue weighted by Crippen LogP contribution is 2.30. The first-order valence-electron chi connectivity index (χ1n) is 4.83. The van der Waals surface area contributed by atoms with E-state index in [4.69, 9.17) is 11.6 Å². The highest BCUT2D eigenvalue weighted by molar-refractivity contribution is 7.59. The molecule has 0 spiro atoms. The van der Waals surface area contributed by atoms with Crippen molar-refractivity contribution < 1.29 is 9.31 Å². The molecule has 1 aromatic heterocycles. The lowest BCUT2D eigenvalue weighted by Crippen LogP contribution is -2.39. The molecular weight excluding hydrogens is 303 g/mol. The van der Waals surface area contributed by atoms with Crippen LogP contribution in [0.4, 0.5) is 10.1 Å². The van der Waals surface area contributed by atoms with E-state index in [2.05, 4.69) is 10.4 Å². The number of hydrogen-bond donors (Lipinski definition) is 1. The minimum atomic E-state index is -1.13. The molecule has 18 heavy (non-hydrogen) atoms. The lowest BCUT2D eigenvalue weighted by Gasteiger charge is -2.26. The van der Waals surface area contributed by atoms with Gasteiger partial charge in [-0.25, -0.2) is 9.07 Å². The Morgan fingerprint density at radius 1 is 1.61 bits per heavy atom. The monoisotopic (exact) mass is 316 g/mol. The smallest absolute Gasteiger partial charge is 0.314 e. The normalized spacial score (nSPS) is 22.8. The van der Waals surface area contributed by atoms with Crippen molar-refractivity contribution in [1.29, 1.82) is 0 Å². The molecule has 1 aliphatic heterocycles. The quantitative estimate of drug-likeness (QED) is 0.663. The van der Waals surface area contributed by atoms with Gasteiger partial charge in [0.2, 0.25) is 5.15 Å². The van der Waals surface area contributed by atoms with Crippen LogP contribution in [0.2, 0.25) is 5.15 Å². The molecule has 2 heterocycles. The second-order valence-corrected chi connectivity index (χ2v) is 3.96. The Balaban J connectivity index is 0.00000144. The van der Waals surface area contributed by atoms with Gasteiger partial charge in [-0.3, -0.25) is 10.1 Å². The molecule has 2 rings (SSSR count). The maximum atomic E-state index is 13.6. The highest BCUT2D eigenvalue weighted by atomic mass is 35.5. The van der Waals surface area contributed by atoms with E-state index in [1.54, 1.807) is 0 Å². The van der Waals surface area contributed by atoms with Crippen molar-refractivity contribution in [2.75, 3.05) is 13.1 Å². The summed E-state index contributed by atoms with van der Waals surface area (Å²) in [5.74, 6) is 0. The molecule has 0 bridgehead atoms. The van der Waals surface area contributed by atoms with E-state index in [1.165, 1.54) is 4.68 Å². The van der Waals surface area contributed by atoms with Crippen LogP contribution in [0, 0.1) is 10.1 Å². The zero-order valence-electron chi connectivity index (χ0n) is 9.27. The number of aromatic nitrogens is 2. The summed E-state index contributed by atoms with van der Waals surface area (Å²) in [4.78, 5) is 9.94. The van der Waals surface area contributed by atoms with Crippen LogP contribution in [-0.4, -0.2) is 34.0 Å². The molecule has 1 saturated heterocycles. The van der Waals surface area contributed by atoms with Crippen LogP contribution in [0.3, 0.4) is 0 Å². The van der Waals surface area contributed by atoms with Gasteiger partial charge >= 0.3 is 5.69 Å². The molecule has 0 amide bonds. The molecule has 10 heteroatoms.